The number of hydrogen-bond donors (Lipinski definition) is 3. The number of hydrogen-bond acceptors (Lipinski definition) is 5. The normalized spacial score (nSPS) is 17.2. The van der Waals surface area contributed by atoms with Gasteiger partial charge in [0.2, 0.25) is 6.10 Å². The molecule has 108 valence electrons. The Morgan fingerprint density at radius 3 is 2.85 bits per heavy atom. The van der Waals surface area contributed by atoms with Crippen molar-refractivity contribution in [2.24, 2.45) is 10.9 Å². The van der Waals surface area contributed by atoms with Crippen molar-refractivity contribution in [3.05, 3.63) is 21.3 Å². The Morgan fingerprint density at radius 1 is 1.45 bits per heavy atom. The van der Waals surface area contributed by atoms with E-state index < -0.39 is 12.1 Å². The van der Waals surface area contributed by atoms with Crippen LogP contribution in [0.5, 0.6) is 0 Å². The summed E-state index contributed by atoms with van der Waals surface area (Å²) in [5, 5.41) is 8.89. The minimum absolute atomic E-state index is 0.266. The molecule has 1 aromatic rings. The molecule has 20 heavy (non-hydrogen) atoms. The predicted octanol–water partition coefficient (Wildman–Crippen LogP) is 0.679. The zero-order valence-electron chi connectivity index (χ0n) is 10.4. The highest BCUT2D eigenvalue weighted by atomic mass is 35.5. The second kappa shape index (κ2) is 6.58. The van der Waals surface area contributed by atoms with E-state index >= 15 is 0 Å². The molecule has 1 aromatic heterocycles. The third-order valence-electron chi connectivity index (χ3n) is 2.54. The summed E-state index contributed by atoms with van der Waals surface area (Å²) in [4.78, 5) is 28.2. The topological polar surface area (TPSA) is 106 Å². The zero-order chi connectivity index (χ0) is 14.5. The molecular weight excluding hydrogens is 304 g/mol. The monoisotopic (exact) mass is 316 g/mol. The van der Waals surface area contributed by atoms with Gasteiger partial charge in [-0.15, -0.1) is 11.3 Å². The number of halogens is 1. The molecule has 0 aliphatic carbocycles. The van der Waals surface area contributed by atoms with Crippen LogP contribution < -0.4 is 16.4 Å². The minimum Gasteiger partial charge on any atom is -0.382 e. The molecule has 1 unspecified atom stereocenters. The molecule has 0 radical (unpaired) electrons. The maximum Gasteiger partial charge on any atom is 0.312 e. The van der Waals surface area contributed by atoms with Crippen molar-refractivity contribution in [2.45, 2.75) is 12.5 Å². The average molecular weight is 317 g/mol. The zero-order valence-corrected chi connectivity index (χ0v) is 12.0. The molecule has 1 aliphatic heterocycles. The first-order chi connectivity index (χ1) is 9.56. The number of urea groups is 1. The van der Waals surface area contributed by atoms with Crippen molar-refractivity contribution in [3.8, 4) is 0 Å². The third-order valence-corrected chi connectivity index (χ3v) is 3.82. The van der Waals surface area contributed by atoms with Gasteiger partial charge in [0, 0.05) is 19.5 Å². The molecule has 0 fully saturated rings. The Morgan fingerprint density at radius 2 is 2.20 bits per heavy atom. The molecule has 3 amide bonds. The van der Waals surface area contributed by atoms with Gasteiger partial charge in [0.15, 0.2) is 0 Å². The number of oxime groups is 1. The Labute approximate surface area is 124 Å². The van der Waals surface area contributed by atoms with Gasteiger partial charge in [-0.3, -0.25) is 4.79 Å². The summed E-state index contributed by atoms with van der Waals surface area (Å²) in [6.07, 6.45) is -0.259. The van der Waals surface area contributed by atoms with Gasteiger partial charge in [-0.25, -0.2) is 4.79 Å². The number of carbonyl (C=O) groups excluding carboxylic acids is 2. The van der Waals surface area contributed by atoms with Gasteiger partial charge >= 0.3 is 6.03 Å². The lowest BCUT2D eigenvalue weighted by Crippen LogP contribution is -2.41. The van der Waals surface area contributed by atoms with Crippen molar-refractivity contribution < 1.29 is 14.4 Å². The second-order valence-corrected chi connectivity index (χ2v) is 5.74. The average Bonchev–Trinajstić information content (AvgIpc) is 3.02. The summed E-state index contributed by atoms with van der Waals surface area (Å²) in [7, 11) is 0. The molecule has 7 nitrogen and oxygen atoms in total. The molecule has 2 heterocycles. The lowest BCUT2D eigenvalue weighted by Gasteiger charge is -2.09. The fourth-order valence-corrected chi connectivity index (χ4v) is 2.65. The number of amides is 3. The maximum atomic E-state index is 11.8. The fourth-order valence-electron chi connectivity index (χ4n) is 1.62. The summed E-state index contributed by atoms with van der Waals surface area (Å²) in [6, 6.07) is 2.98. The first-order valence-electron chi connectivity index (χ1n) is 5.85. The van der Waals surface area contributed by atoms with Gasteiger partial charge < -0.3 is 21.2 Å². The van der Waals surface area contributed by atoms with Crippen molar-refractivity contribution in [2.75, 3.05) is 13.1 Å². The summed E-state index contributed by atoms with van der Waals surface area (Å²) in [5.74, 6) is -0.280. The van der Waals surface area contributed by atoms with Crippen LogP contribution in [0.1, 0.15) is 11.3 Å². The molecule has 0 saturated carbocycles. The molecular formula is C11H13ClN4O3S. The highest BCUT2D eigenvalue weighted by Crippen LogP contribution is 2.26. The molecule has 1 atom stereocenters. The molecule has 0 aromatic carbocycles. The Bertz CT molecular complexity index is 546. The fraction of sp³-hybridized carbons (Fsp3) is 0.364. The molecule has 1 aliphatic rings. The van der Waals surface area contributed by atoms with Crippen LogP contribution in [0, 0.1) is 0 Å². The number of carbonyl (C=O) groups is 2. The van der Waals surface area contributed by atoms with E-state index in [9.17, 15) is 9.59 Å². The van der Waals surface area contributed by atoms with Gasteiger partial charge in [-0.2, -0.15) is 0 Å². The van der Waals surface area contributed by atoms with Crippen LogP contribution in [0.25, 0.3) is 0 Å². The molecule has 9 heteroatoms. The van der Waals surface area contributed by atoms with Crippen molar-refractivity contribution in [3.63, 3.8) is 0 Å². The van der Waals surface area contributed by atoms with E-state index in [-0.39, 0.29) is 19.0 Å². The second-order valence-electron chi connectivity index (χ2n) is 4.02. The molecule has 2 rings (SSSR count). The van der Waals surface area contributed by atoms with Crippen molar-refractivity contribution in [1.29, 1.82) is 0 Å². The van der Waals surface area contributed by atoms with Gasteiger partial charge in [-0.1, -0.05) is 16.8 Å². The van der Waals surface area contributed by atoms with Gasteiger partial charge in [0.05, 0.1) is 9.21 Å². The van der Waals surface area contributed by atoms with Gasteiger partial charge in [-0.05, 0) is 12.1 Å². The van der Waals surface area contributed by atoms with Crippen LogP contribution in [0.15, 0.2) is 17.3 Å². The Kier molecular flexibility index (Phi) is 4.80. The number of nitrogens with zero attached hydrogens (tertiary/aromatic N) is 1. The van der Waals surface area contributed by atoms with Crippen LogP contribution in [0.4, 0.5) is 4.79 Å². The smallest absolute Gasteiger partial charge is 0.312 e. The van der Waals surface area contributed by atoms with E-state index in [1.165, 1.54) is 11.3 Å². The Balaban J connectivity index is 1.76. The number of primary amides is 1. The van der Waals surface area contributed by atoms with Crippen molar-refractivity contribution >= 4 is 40.6 Å². The Hall–Kier alpha value is -1.80. The maximum absolute atomic E-state index is 11.8. The first kappa shape index (κ1) is 14.6. The van der Waals surface area contributed by atoms with E-state index in [0.29, 0.717) is 16.5 Å². The third kappa shape index (κ3) is 3.84. The quantitative estimate of drug-likeness (QED) is 0.695. The highest BCUT2D eigenvalue weighted by molar-refractivity contribution is 7.18. The van der Waals surface area contributed by atoms with Crippen LogP contribution in [0.2, 0.25) is 4.34 Å². The molecule has 0 bridgehead atoms. The summed E-state index contributed by atoms with van der Waals surface area (Å²) >= 11 is 7.23. The van der Waals surface area contributed by atoms with Crippen LogP contribution in [-0.2, 0) is 9.63 Å². The summed E-state index contributed by atoms with van der Waals surface area (Å²) in [5.41, 5.74) is 5.61. The lowest BCUT2D eigenvalue weighted by molar-refractivity contribution is -0.131. The van der Waals surface area contributed by atoms with E-state index in [0.717, 1.165) is 4.88 Å². The minimum atomic E-state index is -0.653. The SMILES string of the molecule is NC(=O)NCCNC(=O)C1CC(c2ccc(Cl)s2)=NO1. The number of rotatable bonds is 5. The highest BCUT2D eigenvalue weighted by Gasteiger charge is 2.29. The lowest BCUT2D eigenvalue weighted by atomic mass is 10.1. The van der Waals surface area contributed by atoms with E-state index in [1.54, 1.807) is 6.07 Å². The van der Waals surface area contributed by atoms with Crippen LogP contribution >= 0.6 is 22.9 Å². The standard InChI is InChI=1S/C11H13ClN4O3S/c12-9-2-1-8(20-9)6-5-7(19-16-6)10(17)14-3-4-15-11(13)18/h1-2,7H,3-5H2,(H,14,17)(H3,13,15,18). The van der Waals surface area contributed by atoms with E-state index in [4.69, 9.17) is 22.2 Å². The van der Waals surface area contributed by atoms with Gasteiger partial charge in [0.1, 0.15) is 5.71 Å². The predicted molar refractivity (Wildman–Crippen MR) is 76.0 cm³/mol. The largest absolute Gasteiger partial charge is 0.382 e. The summed E-state index contributed by atoms with van der Waals surface area (Å²) in [6.45, 7) is 0.545. The molecule has 0 spiro atoms. The van der Waals surface area contributed by atoms with Crippen molar-refractivity contribution in [1.82, 2.24) is 10.6 Å². The van der Waals surface area contributed by atoms with Crippen LogP contribution in [-0.4, -0.2) is 36.8 Å². The van der Waals surface area contributed by atoms with E-state index in [2.05, 4.69) is 15.8 Å². The first-order valence-corrected chi connectivity index (χ1v) is 7.05. The summed E-state index contributed by atoms with van der Waals surface area (Å²) < 4.78 is 0.660. The van der Waals surface area contributed by atoms with Crippen LogP contribution in [0.3, 0.4) is 0 Å². The number of thiophene rings is 1. The molecule has 0 saturated heterocycles. The molecule has 4 N–H and O–H groups in total. The van der Waals surface area contributed by atoms with Gasteiger partial charge in [0.25, 0.3) is 5.91 Å². The number of nitrogens with two attached hydrogens (primary N) is 1. The number of nitrogens with one attached hydrogen (secondary N) is 2. The van der Waals surface area contributed by atoms with E-state index in [1.807, 2.05) is 6.07 Å².